The lowest BCUT2D eigenvalue weighted by Gasteiger charge is -2.43. The normalized spacial score (nSPS) is 19.9. The summed E-state index contributed by atoms with van der Waals surface area (Å²) in [6.07, 6.45) is 1.06. The molecule has 1 atom stereocenters. The zero-order valence-electron chi connectivity index (χ0n) is 19.8. The first kappa shape index (κ1) is 21.8. The van der Waals surface area contributed by atoms with Gasteiger partial charge in [-0.2, -0.15) is 5.26 Å². The van der Waals surface area contributed by atoms with E-state index in [0.717, 1.165) is 28.2 Å². The zero-order valence-corrected chi connectivity index (χ0v) is 19.8. The number of hydrogen-bond donors (Lipinski definition) is 1. The van der Waals surface area contributed by atoms with Crippen molar-refractivity contribution in [3.8, 4) is 11.8 Å². The van der Waals surface area contributed by atoms with Crippen molar-refractivity contribution in [3.05, 3.63) is 77.0 Å². The minimum Gasteiger partial charge on any atom is -0.497 e. The number of para-hydroxylation sites is 2. The molecular formula is C27H27N5O2. The summed E-state index contributed by atoms with van der Waals surface area (Å²) >= 11 is 0. The molecule has 0 fully saturated rings. The smallest absolute Gasteiger partial charge is 0.162 e. The van der Waals surface area contributed by atoms with Crippen LogP contribution in [0.3, 0.4) is 0 Å². The molecule has 172 valence electrons. The van der Waals surface area contributed by atoms with Gasteiger partial charge < -0.3 is 15.0 Å². The van der Waals surface area contributed by atoms with E-state index >= 15 is 0 Å². The Hall–Kier alpha value is -4.05. The minimum absolute atomic E-state index is 0.0297. The molecule has 34 heavy (non-hydrogen) atoms. The number of carbonyl (C=O) groups excluding carboxylic acids is 1. The summed E-state index contributed by atoms with van der Waals surface area (Å²) < 4.78 is 7.27. The molecule has 5 rings (SSSR count). The van der Waals surface area contributed by atoms with E-state index in [4.69, 9.17) is 15.5 Å². The topological polar surface area (TPSA) is 97.2 Å². The minimum atomic E-state index is -0.615. The van der Waals surface area contributed by atoms with Crippen LogP contribution in [0.5, 0.6) is 5.75 Å². The van der Waals surface area contributed by atoms with E-state index in [1.165, 1.54) is 0 Å². The Bertz CT molecular complexity index is 1420. The molecule has 2 N–H and O–H groups in total. The number of methoxy groups -OCH3 is 1. The Morgan fingerprint density at radius 1 is 1.15 bits per heavy atom. The number of nitriles is 1. The van der Waals surface area contributed by atoms with E-state index in [1.54, 1.807) is 7.11 Å². The number of anilines is 1. The van der Waals surface area contributed by atoms with Gasteiger partial charge in [0.15, 0.2) is 5.78 Å². The van der Waals surface area contributed by atoms with Gasteiger partial charge in [-0.15, -0.1) is 0 Å². The number of carbonyl (C=O) groups is 1. The summed E-state index contributed by atoms with van der Waals surface area (Å²) in [5, 5.41) is 10.3. The molecular weight excluding hydrogens is 426 g/mol. The van der Waals surface area contributed by atoms with Gasteiger partial charge in [0.1, 0.15) is 17.4 Å². The van der Waals surface area contributed by atoms with Crippen molar-refractivity contribution < 1.29 is 9.53 Å². The van der Waals surface area contributed by atoms with Crippen molar-refractivity contribution in [2.24, 2.45) is 18.2 Å². The van der Waals surface area contributed by atoms with Crippen LogP contribution >= 0.6 is 0 Å². The number of nitrogens with two attached hydrogens (primary N) is 1. The van der Waals surface area contributed by atoms with Crippen LogP contribution in [0.4, 0.5) is 5.69 Å². The molecule has 1 aromatic heterocycles. The van der Waals surface area contributed by atoms with E-state index in [-0.39, 0.29) is 11.2 Å². The Morgan fingerprint density at radius 2 is 1.85 bits per heavy atom. The maximum absolute atomic E-state index is 13.7. The molecule has 1 aliphatic carbocycles. The van der Waals surface area contributed by atoms with Crippen LogP contribution in [0.25, 0.3) is 11.0 Å². The molecule has 7 nitrogen and oxygen atoms in total. The molecule has 3 aromatic rings. The molecule has 1 aliphatic heterocycles. The van der Waals surface area contributed by atoms with E-state index in [2.05, 4.69) is 19.9 Å². The van der Waals surface area contributed by atoms with E-state index in [9.17, 15) is 10.1 Å². The summed E-state index contributed by atoms with van der Waals surface area (Å²) in [6.45, 7) is 4.18. The fourth-order valence-electron chi connectivity index (χ4n) is 5.22. The molecule has 2 aromatic carbocycles. The molecule has 2 heterocycles. The fraction of sp³-hybridized carbons (Fsp3) is 0.296. The van der Waals surface area contributed by atoms with Gasteiger partial charge >= 0.3 is 0 Å². The molecule has 7 heteroatoms. The molecule has 1 unspecified atom stereocenters. The highest BCUT2D eigenvalue weighted by molar-refractivity contribution is 6.01. The second-order valence-electron chi connectivity index (χ2n) is 9.70. The van der Waals surface area contributed by atoms with Crippen molar-refractivity contribution in [1.29, 1.82) is 5.26 Å². The third-order valence-corrected chi connectivity index (χ3v) is 6.79. The Balaban J connectivity index is 1.78. The number of ether oxygens (including phenoxy) is 1. The molecule has 0 saturated carbocycles. The van der Waals surface area contributed by atoms with Gasteiger partial charge in [0.05, 0.1) is 35.7 Å². The lowest BCUT2D eigenvalue weighted by molar-refractivity contribution is -0.118. The first-order chi connectivity index (χ1) is 16.3. The summed E-state index contributed by atoms with van der Waals surface area (Å²) in [4.78, 5) is 20.4. The summed E-state index contributed by atoms with van der Waals surface area (Å²) in [5.41, 5.74) is 10.8. The lowest BCUT2D eigenvalue weighted by atomic mass is 9.70. The predicted octanol–water partition coefficient (Wildman–Crippen LogP) is 4.52. The third-order valence-electron chi connectivity index (χ3n) is 6.79. The molecule has 0 amide bonds. The SMILES string of the molecule is COc1ccc(N2C(N)=C(C#N)C(c3nc4ccccc4n3C)C3=C2CC(C)(C)CC3=O)cc1. The molecule has 0 radical (unpaired) electrons. The van der Waals surface area contributed by atoms with Gasteiger partial charge in [0.25, 0.3) is 0 Å². The number of aryl methyl sites for hydroxylation is 1. The van der Waals surface area contributed by atoms with Crippen molar-refractivity contribution in [3.63, 3.8) is 0 Å². The average molecular weight is 454 g/mol. The quantitative estimate of drug-likeness (QED) is 0.626. The number of ketones is 1. The Kier molecular flexibility index (Phi) is 4.98. The van der Waals surface area contributed by atoms with E-state index in [1.807, 2.05) is 65.0 Å². The van der Waals surface area contributed by atoms with Gasteiger partial charge in [0, 0.05) is 30.4 Å². The van der Waals surface area contributed by atoms with E-state index < -0.39 is 5.92 Å². The van der Waals surface area contributed by atoms with Gasteiger partial charge in [0.2, 0.25) is 0 Å². The van der Waals surface area contributed by atoms with Gasteiger partial charge in [-0.1, -0.05) is 26.0 Å². The highest BCUT2D eigenvalue weighted by atomic mass is 16.5. The summed E-state index contributed by atoms with van der Waals surface area (Å²) in [5.74, 6) is 1.11. The highest BCUT2D eigenvalue weighted by Crippen LogP contribution is 2.50. The van der Waals surface area contributed by atoms with E-state index in [0.29, 0.717) is 35.6 Å². The maximum Gasteiger partial charge on any atom is 0.162 e. The van der Waals surface area contributed by atoms with Crippen molar-refractivity contribution in [2.45, 2.75) is 32.6 Å². The number of benzene rings is 2. The largest absolute Gasteiger partial charge is 0.497 e. The number of rotatable bonds is 3. The van der Waals surface area contributed by atoms with Gasteiger partial charge in [-0.3, -0.25) is 9.69 Å². The Labute approximate surface area is 198 Å². The number of hydrogen-bond acceptors (Lipinski definition) is 6. The third kappa shape index (κ3) is 3.26. The van der Waals surface area contributed by atoms with Crippen LogP contribution < -0.4 is 15.4 Å². The number of Topliss-reactive ketones (excluding diaryl/α,β-unsaturated/α-hetero) is 1. The standard InChI is InChI=1S/C27H27N5O2/c1-27(2)13-21-24(22(33)14-27)23(26-30-19-7-5-6-8-20(19)31(26)3)18(15-28)25(29)32(21)16-9-11-17(34-4)12-10-16/h5-12,23H,13-14,29H2,1-4H3. The monoisotopic (exact) mass is 453 g/mol. The first-order valence-corrected chi connectivity index (χ1v) is 11.3. The van der Waals surface area contributed by atoms with Crippen LogP contribution in [0, 0.1) is 16.7 Å². The van der Waals surface area contributed by atoms with Crippen molar-refractivity contribution in [2.75, 3.05) is 12.0 Å². The van der Waals surface area contributed by atoms with Crippen LogP contribution in [-0.2, 0) is 11.8 Å². The predicted molar refractivity (Wildman–Crippen MR) is 131 cm³/mol. The number of aromatic nitrogens is 2. The lowest BCUT2D eigenvalue weighted by Crippen LogP contribution is -2.42. The first-order valence-electron chi connectivity index (χ1n) is 11.3. The maximum atomic E-state index is 13.7. The van der Waals surface area contributed by atoms with Gasteiger partial charge in [-0.25, -0.2) is 4.98 Å². The van der Waals surface area contributed by atoms with Crippen LogP contribution in [-0.4, -0.2) is 22.4 Å². The molecule has 0 saturated heterocycles. The number of fused-ring (bicyclic) bond motifs is 1. The van der Waals surface area contributed by atoms with Gasteiger partial charge in [-0.05, 0) is 48.2 Å². The van der Waals surface area contributed by atoms with Crippen molar-refractivity contribution >= 4 is 22.5 Å². The number of nitrogens with zero attached hydrogens (tertiary/aromatic N) is 4. The summed E-state index contributed by atoms with van der Waals surface area (Å²) in [6, 6.07) is 17.6. The molecule has 2 aliphatic rings. The van der Waals surface area contributed by atoms with Crippen LogP contribution in [0.1, 0.15) is 38.4 Å². The number of imidazole rings is 1. The summed E-state index contributed by atoms with van der Waals surface area (Å²) in [7, 11) is 3.53. The average Bonchev–Trinajstić information content (AvgIpc) is 3.14. The second kappa shape index (κ2) is 7.77. The molecule has 0 spiro atoms. The highest BCUT2D eigenvalue weighted by Gasteiger charge is 2.46. The van der Waals surface area contributed by atoms with Crippen molar-refractivity contribution in [1.82, 2.24) is 9.55 Å². The van der Waals surface area contributed by atoms with Crippen LogP contribution in [0.15, 0.2) is 71.2 Å². The Morgan fingerprint density at radius 3 is 2.50 bits per heavy atom. The fourth-order valence-corrected chi connectivity index (χ4v) is 5.22. The van der Waals surface area contributed by atoms with Crippen LogP contribution in [0.2, 0.25) is 0 Å². The molecule has 0 bridgehead atoms. The second-order valence-corrected chi connectivity index (χ2v) is 9.70. The number of allylic oxidation sites excluding steroid dienone is 3. The zero-order chi connectivity index (χ0) is 24.2.